The second-order valence-corrected chi connectivity index (χ2v) is 8.28. The lowest BCUT2D eigenvalue weighted by atomic mass is 9.90. The minimum atomic E-state index is 0.00641. The molecule has 6 heteroatoms. The van der Waals surface area contributed by atoms with E-state index in [0.717, 1.165) is 37.1 Å². The topological polar surface area (TPSA) is 73.0 Å². The first-order valence-electron chi connectivity index (χ1n) is 10.9. The second kappa shape index (κ2) is 8.38. The van der Waals surface area contributed by atoms with Gasteiger partial charge in [-0.1, -0.05) is 18.2 Å². The number of aromatic nitrogens is 3. The molecule has 1 amide bonds. The van der Waals surface area contributed by atoms with Gasteiger partial charge in [0.25, 0.3) is 0 Å². The molecule has 0 bridgehead atoms. The van der Waals surface area contributed by atoms with Gasteiger partial charge in [0, 0.05) is 35.6 Å². The summed E-state index contributed by atoms with van der Waals surface area (Å²) in [6, 6.07) is 16.6. The molecule has 1 fully saturated rings. The molecule has 158 valence electrons. The summed E-state index contributed by atoms with van der Waals surface area (Å²) in [7, 11) is 0. The molecule has 1 aromatic heterocycles. The van der Waals surface area contributed by atoms with Crippen LogP contribution in [0.2, 0.25) is 0 Å². The largest absolute Gasteiger partial charge is 0.441 e. The quantitative estimate of drug-likeness (QED) is 0.509. The van der Waals surface area contributed by atoms with Crippen LogP contribution in [0.4, 0.5) is 0 Å². The molecule has 1 aliphatic carbocycles. The van der Waals surface area contributed by atoms with Crippen molar-refractivity contribution in [1.29, 1.82) is 0 Å². The molecule has 2 aromatic rings. The molecule has 1 aromatic carbocycles. The van der Waals surface area contributed by atoms with E-state index in [4.69, 9.17) is 4.42 Å². The highest BCUT2D eigenvalue weighted by Gasteiger charge is 2.25. The Morgan fingerprint density at radius 2 is 1.84 bits per heavy atom. The van der Waals surface area contributed by atoms with Gasteiger partial charge in [-0.2, -0.15) is 0 Å². The summed E-state index contributed by atoms with van der Waals surface area (Å²) in [5.41, 5.74) is 2.80. The zero-order valence-electron chi connectivity index (χ0n) is 17.6. The lowest BCUT2D eigenvalue weighted by Crippen LogP contribution is -2.39. The predicted molar refractivity (Wildman–Crippen MR) is 119 cm³/mol. The van der Waals surface area contributed by atoms with Gasteiger partial charge < -0.3 is 14.3 Å². The number of rotatable bonds is 5. The Labute approximate surface area is 181 Å². The van der Waals surface area contributed by atoms with Gasteiger partial charge in [0.15, 0.2) is 0 Å². The molecule has 0 atom stereocenters. The fourth-order valence-corrected chi connectivity index (χ4v) is 4.51. The third-order valence-electron chi connectivity index (χ3n) is 6.17. The Kier molecular flexibility index (Phi) is 5.28. The van der Waals surface area contributed by atoms with Crippen LogP contribution in [0.15, 0.2) is 65.3 Å². The van der Waals surface area contributed by atoms with Crippen molar-refractivity contribution in [2.75, 3.05) is 0 Å². The molecule has 5 rings (SSSR count). The number of nitrogens with zero attached hydrogens (tertiary/aromatic N) is 3. The van der Waals surface area contributed by atoms with E-state index in [1.165, 1.54) is 5.56 Å². The van der Waals surface area contributed by atoms with Gasteiger partial charge in [-0.15, -0.1) is 0 Å². The monoisotopic (exact) mass is 414 g/mol. The Morgan fingerprint density at radius 3 is 2.65 bits per heavy atom. The summed E-state index contributed by atoms with van der Waals surface area (Å²) in [4.78, 5) is 21.7. The molecule has 2 aliphatic heterocycles. The van der Waals surface area contributed by atoms with Crippen LogP contribution >= 0.6 is 0 Å². The van der Waals surface area contributed by atoms with E-state index >= 15 is 0 Å². The van der Waals surface area contributed by atoms with E-state index in [1.54, 1.807) is 0 Å². The van der Waals surface area contributed by atoms with Crippen molar-refractivity contribution in [1.82, 2.24) is 19.9 Å². The number of amides is 1. The Balaban J connectivity index is 1.17. The zero-order valence-corrected chi connectivity index (χ0v) is 17.6. The molecule has 0 radical (unpaired) electrons. The van der Waals surface area contributed by atoms with Crippen LogP contribution in [0.3, 0.4) is 0 Å². The number of fused-ring (bicyclic) bond motifs is 1. The van der Waals surface area contributed by atoms with E-state index in [0.29, 0.717) is 23.4 Å². The van der Waals surface area contributed by atoms with Crippen LogP contribution in [0.5, 0.6) is 0 Å². The van der Waals surface area contributed by atoms with Gasteiger partial charge in [0.2, 0.25) is 11.8 Å². The van der Waals surface area contributed by atoms with Crippen LogP contribution < -0.4 is 5.32 Å². The van der Waals surface area contributed by atoms with Gasteiger partial charge in [-0.25, -0.2) is 9.97 Å². The van der Waals surface area contributed by atoms with Crippen molar-refractivity contribution < 1.29 is 9.21 Å². The van der Waals surface area contributed by atoms with Crippen LogP contribution in [-0.2, 0) is 11.2 Å². The van der Waals surface area contributed by atoms with Crippen molar-refractivity contribution in [3.05, 3.63) is 72.4 Å². The molecule has 0 saturated heterocycles. The second-order valence-electron chi connectivity index (χ2n) is 8.28. The summed E-state index contributed by atoms with van der Waals surface area (Å²) in [6.45, 7) is 1.86. The van der Waals surface area contributed by atoms with Crippen LogP contribution in [-0.4, -0.2) is 26.5 Å². The highest BCUT2D eigenvalue weighted by Crippen LogP contribution is 2.32. The normalized spacial score (nSPS) is 18.9. The molecule has 0 spiro atoms. The minimum Gasteiger partial charge on any atom is -0.441 e. The Hall–Kier alpha value is -3.41. The lowest BCUT2D eigenvalue weighted by molar-refractivity contribution is -0.121. The first-order valence-corrected chi connectivity index (χ1v) is 10.9. The number of carbonyl (C=O) groups excluding carboxylic acids is 1. The summed E-state index contributed by atoms with van der Waals surface area (Å²) >= 11 is 0. The van der Waals surface area contributed by atoms with Crippen LogP contribution in [0, 0.1) is 6.92 Å². The van der Waals surface area contributed by atoms with Gasteiger partial charge in [0.1, 0.15) is 11.6 Å². The fraction of sp³-hybridized carbons (Fsp3) is 0.320. The smallest absolute Gasteiger partial charge is 0.226 e. The predicted octanol–water partition coefficient (Wildman–Crippen LogP) is 4.79. The van der Waals surface area contributed by atoms with Crippen LogP contribution in [0.1, 0.15) is 43.2 Å². The molecule has 6 nitrogen and oxygen atoms in total. The molecule has 0 unspecified atom stereocenters. The highest BCUT2D eigenvalue weighted by molar-refractivity contribution is 5.78. The van der Waals surface area contributed by atoms with E-state index in [-0.39, 0.29) is 18.4 Å². The molecule has 3 aliphatic rings. The SMILES string of the molecule is Cc1oc(-c2ccccc2)nc1CC(=O)NC1CCC(n2cccc3ccnc2-3)CC1. The van der Waals surface area contributed by atoms with Crippen LogP contribution in [0.25, 0.3) is 22.8 Å². The summed E-state index contributed by atoms with van der Waals surface area (Å²) in [5, 5.41) is 3.20. The van der Waals surface area contributed by atoms with E-state index < -0.39 is 0 Å². The summed E-state index contributed by atoms with van der Waals surface area (Å²) in [6.07, 6.45) is 8.22. The Bertz CT molecular complexity index is 1140. The average molecular weight is 415 g/mol. The number of hydrogen-bond acceptors (Lipinski definition) is 4. The van der Waals surface area contributed by atoms with Crippen molar-refractivity contribution >= 4 is 5.91 Å². The van der Waals surface area contributed by atoms with Crippen molar-refractivity contribution in [3.63, 3.8) is 0 Å². The first kappa shape index (κ1) is 19.5. The summed E-state index contributed by atoms with van der Waals surface area (Å²) < 4.78 is 8.07. The standard InChI is InChI=1S/C25H26N4O2/c1-17-22(28-25(31-17)19-6-3-2-4-7-19)16-23(30)27-20-9-11-21(12-10-20)29-15-5-8-18-13-14-26-24(18)29/h2-8,13-15,20-21H,9-12,16H2,1H3,(H,27,30). The molecule has 3 heterocycles. The number of carbonyl (C=O) groups is 1. The van der Waals surface area contributed by atoms with Gasteiger partial charge >= 0.3 is 0 Å². The fourth-order valence-electron chi connectivity index (χ4n) is 4.51. The average Bonchev–Trinajstić information content (AvgIpc) is 3.42. The third-order valence-corrected chi connectivity index (χ3v) is 6.17. The Morgan fingerprint density at radius 1 is 1.06 bits per heavy atom. The van der Waals surface area contributed by atoms with Gasteiger partial charge in [-0.05, 0) is 62.9 Å². The van der Waals surface area contributed by atoms with Crippen molar-refractivity contribution in [2.45, 2.75) is 51.1 Å². The molecular weight excluding hydrogens is 388 g/mol. The van der Waals surface area contributed by atoms with Crippen molar-refractivity contribution in [3.8, 4) is 22.8 Å². The van der Waals surface area contributed by atoms with E-state index in [1.807, 2.05) is 49.5 Å². The number of hydrogen-bond donors (Lipinski definition) is 1. The van der Waals surface area contributed by atoms with Gasteiger partial charge in [-0.3, -0.25) is 4.79 Å². The zero-order chi connectivity index (χ0) is 21.2. The number of benzene rings is 1. The highest BCUT2D eigenvalue weighted by atomic mass is 16.4. The number of pyridine rings is 1. The number of aryl methyl sites for hydroxylation is 1. The first-order chi connectivity index (χ1) is 15.2. The maximum atomic E-state index is 12.7. The maximum Gasteiger partial charge on any atom is 0.226 e. The molecule has 1 N–H and O–H groups in total. The molecule has 31 heavy (non-hydrogen) atoms. The van der Waals surface area contributed by atoms with E-state index in [9.17, 15) is 4.79 Å². The summed E-state index contributed by atoms with van der Waals surface area (Å²) in [5.74, 6) is 2.32. The maximum absolute atomic E-state index is 12.7. The van der Waals surface area contributed by atoms with E-state index in [2.05, 4.69) is 38.2 Å². The minimum absolute atomic E-state index is 0.00641. The lowest BCUT2D eigenvalue weighted by Gasteiger charge is -2.31. The van der Waals surface area contributed by atoms with Crippen molar-refractivity contribution in [2.24, 2.45) is 0 Å². The number of oxazole rings is 1. The van der Waals surface area contributed by atoms with Gasteiger partial charge in [0.05, 0.1) is 12.1 Å². The number of nitrogens with one attached hydrogen (secondary N) is 1. The molecular formula is C25H26N4O2. The third kappa shape index (κ3) is 4.10. The molecule has 1 saturated carbocycles.